The van der Waals surface area contributed by atoms with E-state index in [2.05, 4.69) is 29.5 Å². The van der Waals surface area contributed by atoms with Crippen LogP contribution in [0.4, 0.5) is 0 Å². The number of rotatable bonds is 6. The van der Waals surface area contributed by atoms with Crippen LogP contribution in [0, 0.1) is 0 Å². The molecule has 0 radical (unpaired) electrons. The van der Waals surface area contributed by atoms with Crippen LogP contribution < -0.4 is 5.32 Å². The van der Waals surface area contributed by atoms with Gasteiger partial charge in [-0.2, -0.15) is 0 Å². The van der Waals surface area contributed by atoms with Gasteiger partial charge in [0.1, 0.15) is 5.76 Å². The lowest BCUT2D eigenvalue weighted by atomic mass is 10.2. The Bertz CT molecular complexity index is 436. The molecule has 1 atom stereocenters. The largest absolute Gasteiger partial charge is 0.469 e. The molecule has 0 saturated heterocycles. The monoisotopic (exact) mass is 250 g/mol. The van der Waals surface area contributed by atoms with Crippen LogP contribution in [0.5, 0.6) is 0 Å². The van der Waals surface area contributed by atoms with Crippen LogP contribution in [0.2, 0.25) is 0 Å². The van der Waals surface area contributed by atoms with E-state index in [0.717, 1.165) is 30.8 Å². The second-order valence-corrected chi connectivity index (χ2v) is 5.09. The predicted octanol–water partition coefficient (Wildman–Crippen LogP) is 3.02. The molecule has 0 aromatic carbocycles. The smallest absolute Gasteiger partial charge is 0.105 e. The minimum atomic E-state index is 0.396. The zero-order chi connectivity index (χ0) is 12.1. The fraction of sp³-hybridized carbons (Fsp3) is 0.462. The van der Waals surface area contributed by atoms with Crippen LogP contribution in [-0.2, 0) is 19.4 Å². The fourth-order valence-corrected chi connectivity index (χ4v) is 2.42. The number of hydrogen-bond acceptors (Lipinski definition) is 4. The predicted molar refractivity (Wildman–Crippen MR) is 70.2 cm³/mol. The molecule has 92 valence electrons. The first-order valence-electron chi connectivity index (χ1n) is 5.97. The van der Waals surface area contributed by atoms with E-state index in [0.29, 0.717) is 6.04 Å². The van der Waals surface area contributed by atoms with Gasteiger partial charge in [-0.25, -0.2) is 4.98 Å². The van der Waals surface area contributed by atoms with Crippen molar-refractivity contribution in [2.24, 2.45) is 0 Å². The molecule has 0 aliphatic rings. The highest BCUT2D eigenvalue weighted by molar-refractivity contribution is 7.09. The minimum absolute atomic E-state index is 0.396. The first kappa shape index (κ1) is 12.3. The number of aryl methyl sites for hydroxylation is 1. The molecule has 0 spiro atoms. The van der Waals surface area contributed by atoms with Crippen LogP contribution in [-0.4, -0.2) is 11.0 Å². The molecule has 2 aromatic heterocycles. The normalized spacial score (nSPS) is 12.8. The third kappa shape index (κ3) is 3.68. The lowest BCUT2D eigenvalue weighted by molar-refractivity contribution is 0.455. The Morgan fingerprint density at radius 2 is 2.41 bits per heavy atom. The molecule has 0 aliphatic heterocycles. The average Bonchev–Trinajstić information content (AvgIpc) is 2.96. The molecule has 1 unspecified atom stereocenters. The van der Waals surface area contributed by atoms with Crippen molar-refractivity contribution in [3.8, 4) is 0 Å². The van der Waals surface area contributed by atoms with Crippen molar-refractivity contribution >= 4 is 11.3 Å². The van der Waals surface area contributed by atoms with Crippen molar-refractivity contribution in [1.82, 2.24) is 10.3 Å². The van der Waals surface area contributed by atoms with E-state index in [1.165, 1.54) is 5.01 Å². The topological polar surface area (TPSA) is 38.1 Å². The lowest BCUT2D eigenvalue weighted by Crippen LogP contribution is -2.27. The van der Waals surface area contributed by atoms with Gasteiger partial charge in [0.2, 0.25) is 0 Å². The van der Waals surface area contributed by atoms with Crippen molar-refractivity contribution in [3.63, 3.8) is 0 Å². The fourth-order valence-electron chi connectivity index (χ4n) is 1.67. The standard InChI is InChI=1S/C13H18N2OS/c1-3-13-15-11(9-17-13)8-14-10(2)7-12-5-4-6-16-12/h4-6,9-10,14H,3,7-8H2,1-2H3. The second-order valence-electron chi connectivity index (χ2n) is 4.15. The molecule has 0 amide bonds. The van der Waals surface area contributed by atoms with Gasteiger partial charge in [-0.05, 0) is 25.5 Å². The van der Waals surface area contributed by atoms with E-state index in [-0.39, 0.29) is 0 Å². The Kier molecular flexibility index (Phi) is 4.34. The van der Waals surface area contributed by atoms with Gasteiger partial charge in [0.05, 0.1) is 17.0 Å². The number of thiazole rings is 1. The highest BCUT2D eigenvalue weighted by atomic mass is 32.1. The van der Waals surface area contributed by atoms with Crippen LogP contribution in [0.3, 0.4) is 0 Å². The van der Waals surface area contributed by atoms with Gasteiger partial charge in [-0.3, -0.25) is 0 Å². The average molecular weight is 250 g/mol. The molecular weight excluding hydrogens is 232 g/mol. The van der Waals surface area contributed by atoms with Crippen molar-refractivity contribution < 1.29 is 4.42 Å². The molecule has 2 aromatic rings. The number of furan rings is 1. The lowest BCUT2D eigenvalue weighted by Gasteiger charge is -2.10. The quantitative estimate of drug-likeness (QED) is 0.856. The summed E-state index contributed by atoms with van der Waals surface area (Å²) in [4.78, 5) is 4.53. The third-order valence-corrected chi connectivity index (χ3v) is 3.66. The van der Waals surface area contributed by atoms with E-state index < -0.39 is 0 Å². The maximum Gasteiger partial charge on any atom is 0.105 e. The van der Waals surface area contributed by atoms with Crippen LogP contribution in [0.1, 0.15) is 30.3 Å². The first-order valence-corrected chi connectivity index (χ1v) is 6.85. The van der Waals surface area contributed by atoms with Gasteiger partial charge in [0.25, 0.3) is 0 Å². The van der Waals surface area contributed by atoms with Gasteiger partial charge in [-0.15, -0.1) is 11.3 Å². The molecular formula is C13H18N2OS. The van der Waals surface area contributed by atoms with E-state index in [1.807, 2.05) is 12.1 Å². The summed E-state index contributed by atoms with van der Waals surface area (Å²) in [7, 11) is 0. The number of nitrogens with zero attached hydrogens (tertiary/aromatic N) is 1. The maximum atomic E-state index is 5.32. The van der Waals surface area contributed by atoms with Gasteiger partial charge < -0.3 is 9.73 Å². The Balaban J connectivity index is 1.77. The Morgan fingerprint density at radius 1 is 1.53 bits per heavy atom. The molecule has 0 fully saturated rings. The van der Waals surface area contributed by atoms with Gasteiger partial charge in [0, 0.05) is 24.4 Å². The molecule has 4 heteroatoms. The maximum absolute atomic E-state index is 5.32. The third-order valence-electron chi connectivity index (χ3n) is 2.62. The highest BCUT2D eigenvalue weighted by Gasteiger charge is 2.06. The summed E-state index contributed by atoms with van der Waals surface area (Å²) in [5.41, 5.74) is 1.14. The van der Waals surface area contributed by atoms with Crippen LogP contribution >= 0.6 is 11.3 Å². The van der Waals surface area contributed by atoms with E-state index >= 15 is 0 Å². The van der Waals surface area contributed by atoms with Crippen molar-refractivity contribution in [3.05, 3.63) is 40.2 Å². The summed E-state index contributed by atoms with van der Waals surface area (Å²) in [5.74, 6) is 1.03. The van der Waals surface area contributed by atoms with E-state index in [1.54, 1.807) is 17.6 Å². The number of nitrogens with one attached hydrogen (secondary N) is 1. The minimum Gasteiger partial charge on any atom is -0.469 e. The molecule has 2 rings (SSSR count). The first-order chi connectivity index (χ1) is 8.28. The molecule has 2 heterocycles. The Labute approximate surface area is 106 Å². The second kappa shape index (κ2) is 5.98. The molecule has 1 N–H and O–H groups in total. The summed E-state index contributed by atoms with van der Waals surface area (Å²) in [6.07, 6.45) is 3.65. The van der Waals surface area contributed by atoms with Crippen LogP contribution in [0.15, 0.2) is 28.2 Å². The van der Waals surface area contributed by atoms with E-state index in [9.17, 15) is 0 Å². The van der Waals surface area contributed by atoms with Crippen molar-refractivity contribution in [1.29, 1.82) is 0 Å². The van der Waals surface area contributed by atoms with Crippen molar-refractivity contribution in [2.45, 2.75) is 39.3 Å². The molecule has 0 aliphatic carbocycles. The van der Waals surface area contributed by atoms with Crippen molar-refractivity contribution in [2.75, 3.05) is 0 Å². The van der Waals surface area contributed by atoms with Gasteiger partial charge >= 0.3 is 0 Å². The molecule has 3 nitrogen and oxygen atoms in total. The number of hydrogen-bond donors (Lipinski definition) is 1. The summed E-state index contributed by atoms with van der Waals surface area (Å²) < 4.78 is 5.32. The summed E-state index contributed by atoms with van der Waals surface area (Å²) in [6, 6.07) is 4.33. The van der Waals surface area contributed by atoms with Crippen LogP contribution in [0.25, 0.3) is 0 Å². The summed E-state index contributed by atoms with van der Waals surface area (Å²) in [5, 5.41) is 6.80. The van der Waals surface area contributed by atoms with Gasteiger partial charge in [0.15, 0.2) is 0 Å². The Hall–Kier alpha value is -1.13. The van der Waals surface area contributed by atoms with Gasteiger partial charge in [-0.1, -0.05) is 6.92 Å². The summed E-state index contributed by atoms with van der Waals surface area (Å²) >= 11 is 1.74. The summed E-state index contributed by atoms with van der Waals surface area (Å²) in [6.45, 7) is 5.13. The zero-order valence-corrected chi connectivity index (χ0v) is 11.1. The zero-order valence-electron chi connectivity index (χ0n) is 10.3. The van der Waals surface area contributed by atoms with E-state index in [4.69, 9.17) is 4.42 Å². The number of aromatic nitrogens is 1. The molecule has 0 saturated carbocycles. The molecule has 17 heavy (non-hydrogen) atoms. The highest BCUT2D eigenvalue weighted by Crippen LogP contribution is 2.10. The Morgan fingerprint density at radius 3 is 3.06 bits per heavy atom. The molecule has 0 bridgehead atoms. The SMILES string of the molecule is CCc1nc(CNC(C)Cc2ccco2)cs1.